The normalized spacial score (nSPS) is 15.7. The van der Waals surface area contributed by atoms with Crippen LogP contribution in [-0.2, 0) is 11.3 Å². The van der Waals surface area contributed by atoms with Crippen LogP contribution in [0.3, 0.4) is 0 Å². The van der Waals surface area contributed by atoms with E-state index in [1.807, 2.05) is 35.2 Å². The van der Waals surface area contributed by atoms with Gasteiger partial charge < -0.3 is 15.3 Å². The average Bonchev–Trinajstić information content (AvgIpc) is 3.03. The van der Waals surface area contributed by atoms with Crippen molar-refractivity contribution < 1.29 is 9.90 Å². The lowest BCUT2D eigenvalue weighted by Gasteiger charge is -2.20. The Morgan fingerprint density at radius 3 is 2.75 bits per heavy atom. The summed E-state index contributed by atoms with van der Waals surface area (Å²) in [6.45, 7) is 3.61. The van der Waals surface area contributed by atoms with Gasteiger partial charge in [-0.2, -0.15) is 0 Å². The van der Waals surface area contributed by atoms with Gasteiger partial charge in [0.25, 0.3) is 0 Å². The molecule has 3 rings (SSSR count). The van der Waals surface area contributed by atoms with E-state index in [-0.39, 0.29) is 11.9 Å². The summed E-state index contributed by atoms with van der Waals surface area (Å²) >= 11 is 0. The van der Waals surface area contributed by atoms with Crippen LogP contribution in [0.5, 0.6) is 5.75 Å². The lowest BCUT2D eigenvalue weighted by molar-refractivity contribution is -0.117. The maximum absolute atomic E-state index is 11.9. The van der Waals surface area contributed by atoms with Gasteiger partial charge in [0.05, 0.1) is 0 Å². The number of nitrogens with one attached hydrogen (secondary N) is 1. The first kappa shape index (κ1) is 16.5. The number of carbonyl (C=O) groups is 1. The molecular weight excluding hydrogens is 300 g/mol. The van der Waals surface area contributed by atoms with Gasteiger partial charge in [-0.1, -0.05) is 37.3 Å². The van der Waals surface area contributed by atoms with E-state index in [2.05, 4.69) is 24.4 Å². The van der Waals surface area contributed by atoms with E-state index in [0.29, 0.717) is 18.7 Å². The second kappa shape index (κ2) is 7.49. The van der Waals surface area contributed by atoms with Gasteiger partial charge in [0, 0.05) is 36.8 Å². The fourth-order valence-corrected chi connectivity index (χ4v) is 3.25. The van der Waals surface area contributed by atoms with Crippen molar-refractivity contribution in [2.24, 2.45) is 0 Å². The summed E-state index contributed by atoms with van der Waals surface area (Å²) in [6.07, 6.45) is 2.47. The van der Waals surface area contributed by atoms with Crippen molar-refractivity contribution in [1.82, 2.24) is 5.32 Å². The summed E-state index contributed by atoms with van der Waals surface area (Å²) in [6, 6.07) is 15.7. The number of benzene rings is 2. The minimum absolute atomic E-state index is 0.100. The zero-order chi connectivity index (χ0) is 16.9. The van der Waals surface area contributed by atoms with E-state index in [4.69, 9.17) is 0 Å². The van der Waals surface area contributed by atoms with Crippen LogP contribution in [0.25, 0.3) is 0 Å². The molecule has 1 amide bonds. The van der Waals surface area contributed by atoms with Gasteiger partial charge in [0.2, 0.25) is 5.91 Å². The van der Waals surface area contributed by atoms with Crippen LogP contribution in [0.4, 0.5) is 5.69 Å². The molecule has 2 aromatic carbocycles. The highest BCUT2D eigenvalue weighted by atomic mass is 16.3. The van der Waals surface area contributed by atoms with Crippen LogP contribution in [-0.4, -0.2) is 17.6 Å². The Labute approximate surface area is 143 Å². The van der Waals surface area contributed by atoms with Crippen molar-refractivity contribution in [2.75, 3.05) is 11.4 Å². The van der Waals surface area contributed by atoms with Crippen LogP contribution in [0.1, 0.15) is 43.4 Å². The molecule has 0 aliphatic carbocycles. The van der Waals surface area contributed by atoms with Gasteiger partial charge in [-0.3, -0.25) is 4.79 Å². The molecule has 0 aromatic heterocycles. The van der Waals surface area contributed by atoms with Crippen LogP contribution in [0, 0.1) is 0 Å². The molecule has 0 bridgehead atoms. The lowest BCUT2D eigenvalue weighted by atomic mass is 10.0. The standard InChI is InChI=1S/C20H24N2O2/c1-2-18(17-9-3-4-10-19(17)23)21-14-15-7-5-8-16(13-15)22-12-6-11-20(22)24/h3-5,7-10,13,18,21,23H,2,6,11-12,14H2,1H3. The molecular formula is C20H24N2O2. The number of anilines is 1. The molecule has 1 aliphatic rings. The topological polar surface area (TPSA) is 52.6 Å². The number of carbonyl (C=O) groups excluding carboxylic acids is 1. The maximum Gasteiger partial charge on any atom is 0.227 e. The Kier molecular flexibility index (Phi) is 5.16. The number of para-hydroxylation sites is 1. The Bertz CT molecular complexity index is 714. The van der Waals surface area contributed by atoms with Crippen LogP contribution in [0.15, 0.2) is 48.5 Å². The van der Waals surface area contributed by atoms with E-state index in [0.717, 1.165) is 36.2 Å². The first-order chi connectivity index (χ1) is 11.7. The van der Waals surface area contributed by atoms with Gasteiger partial charge in [-0.25, -0.2) is 0 Å². The summed E-state index contributed by atoms with van der Waals surface area (Å²) in [7, 11) is 0. The summed E-state index contributed by atoms with van der Waals surface area (Å²) < 4.78 is 0. The second-order valence-electron chi connectivity index (χ2n) is 6.22. The smallest absolute Gasteiger partial charge is 0.227 e. The molecule has 24 heavy (non-hydrogen) atoms. The molecule has 1 heterocycles. The van der Waals surface area contributed by atoms with E-state index < -0.39 is 0 Å². The summed E-state index contributed by atoms with van der Waals surface area (Å²) in [5.74, 6) is 0.536. The van der Waals surface area contributed by atoms with Crippen LogP contribution in [0.2, 0.25) is 0 Å². The number of nitrogens with zero attached hydrogens (tertiary/aromatic N) is 1. The highest BCUT2D eigenvalue weighted by molar-refractivity contribution is 5.95. The molecule has 1 unspecified atom stereocenters. The lowest BCUT2D eigenvalue weighted by Crippen LogP contribution is -2.24. The fraction of sp³-hybridized carbons (Fsp3) is 0.350. The fourth-order valence-electron chi connectivity index (χ4n) is 3.25. The monoisotopic (exact) mass is 324 g/mol. The number of phenols is 1. The van der Waals surface area contributed by atoms with E-state index >= 15 is 0 Å². The zero-order valence-corrected chi connectivity index (χ0v) is 14.0. The summed E-state index contributed by atoms with van der Waals surface area (Å²) in [5.41, 5.74) is 3.04. The van der Waals surface area contributed by atoms with Gasteiger partial charge in [-0.05, 0) is 36.6 Å². The average molecular weight is 324 g/mol. The molecule has 1 fully saturated rings. The number of rotatable bonds is 6. The number of hydrogen-bond acceptors (Lipinski definition) is 3. The quantitative estimate of drug-likeness (QED) is 0.850. The summed E-state index contributed by atoms with van der Waals surface area (Å²) in [4.78, 5) is 13.8. The molecule has 4 heteroatoms. The third-order valence-electron chi connectivity index (χ3n) is 4.57. The summed E-state index contributed by atoms with van der Waals surface area (Å²) in [5, 5.41) is 13.6. The first-order valence-electron chi connectivity index (χ1n) is 8.59. The number of phenolic OH excluding ortho intramolecular Hbond substituents is 1. The number of aromatic hydroxyl groups is 1. The van der Waals surface area contributed by atoms with Crippen molar-refractivity contribution in [1.29, 1.82) is 0 Å². The predicted octanol–water partition coefficient (Wildman–Crippen LogP) is 3.76. The third-order valence-corrected chi connectivity index (χ3v) is 4.57. The Balaban J connectivity index is 1.70. The minimum Gasteiger partial charge on any atom is -0.508 e. The van der Waals surface area contributed by atoms with Crippen molar-refractivity contribution in [3.63, 3.8) is 0 Å². The van der Waals surface area contributed by atoms with Crippen molar-refractivity contribution in [2.45, 2.75) is 38.8 Å². The molecule has 4 nitrogen and oxygen atoms in total. The molecule has 2 N–H and O–H groups in total. The third kappa shape index (κ3) is 3.60. The highest BCUT2D eigenvalue weighted by Gasteiger charge is 2.21. The van der Waals surface area contributed by atoms with Gasteiger partial charge in [-0.15, -0.1) is 0 Å². The van der Waals surface area contributed by atoms with Gasteiger partial charge in [0.1, 0.15) is 5.75 Å². The highest BCUT2D eigenvalue weighted by Crippen LogP contribution is 2.27. The Hall–Kier alpha value is -2.33. The molecule has 1 atom stereocenters. The number of amides is 1. The van der Waals surface area contributed by atoms with Crippen molar-refractivity contribution in [3.05, 3.63) is 59.7 Å². The molecule has 0 radical (unpaired) electrons. The molecule has 1 saturated heterocycles. The van der Waals surface area contributed by atoms with E-state index in [1.54, 1.807) is 6.07 Å². The van der Waals surface area contributed by atoms with Crippen LogP contribution >= 0.6 is 0 Å². The molecule has 2 aromatic rings. The second-order valence-corrected chi connectivity index (χ2v) is 6.22. The molecule has 1 aliphatic heterocycles. The SMILES string of the molecule is CCC(NCc1cccc(N2CCCC2=O)c1)c1ccccc1O. The van der Waals surface area contributed by atoms with Gasteiger partial charge in [0.15, 0.2) is 0 Å². The minimum atomic E-state index is 0.100. The Morgan fingerprint density at radius 2 is 2.04 bits per heavy atom. The molecule has 126 valence electrons. The zero-order valence-electron chi connectivity index (χ0n) is 14.0. The molecule has 0 spiro atoms. The number of hydrogen-bond donors (Lipinski definition) is 2. The molecule has 0 saturated carbocycles. The van der Waals surface area contributed by atoms with Crippen LogP contribution < -0.4 is 10.2 Å². The van der Waals surface area contributed by atoms with E-state index in [1.165, 1.54) is 0 Å². The predicted molar refractivity (Wildman–Crippen MR) is 96.0 cm³/mol. The van der Waals surface area contributed by atoms with E-state index in [9.17, 15) is 9.90 Å². The van der Waals surface area contributed by atoms with Crippen molar-refractivity contribution in [3.8, 4) is 5.75 Å². The van der Waals surface area contributed by atoms with Crippen molar-refractivity contribution >= 4 is 11.6 Å². The largest absolute Gasteiger partial charge is 0.508 e. The first-order valence-corrected chi connectivity index (χ1v) is 8.59. The van der Waals surface area contributed by atoms with Gasteiger partial charge >= 0.3 is 0 Å². The maximum atomic E-state index is 11.9. The Morgan fingerprint density at radius 1 is 1.21 bits per heavy atom.